The van der Waals surface area contributed by atoms with Gasteiger partial charge >= 0.3 is 0 Å². The van der Waals surface area contributed by atoms with Crippen LogP contribution < -0.4 is 20.1 Å². The van der Waals surface area contributed by atoms with Gasteiger partial charge in [0.25, 0.3) is 5.91 Å². The molecule has 2 N–H and O–H groups in total. The third-order valence-electron chi connectivity index (χ3n) is 4.52. The molecule has 1 aromatic heterocycles. The summed E-state index contributed by atoms with van der Waals surface area (Å²) in [6, 6.07) is 17.0. The van der Waals surface area contributed by atoms with Crippen LogP contribution >= 0.6 is 0 Å². The summed E-state index contributed by atoms with van der Waals surface area (Å²) in [5, 5.41) is 6.17. The number of benzene rings is 2. The van der Waals surface area contributed by atoms with Crippen LogP contribution in [0.25, 0.3) is 0 Å². The highest BCUT2D eigenvalue weighted by molar-refractivity contribution is 6.05. The minimum absolute atomic E-state index is 0.218. The Bertz CT molecular complexity index is 989. The number of hydrogen-bond acceptors (Lipinski definition) is 5. The Morgan fingerprint density at radius 3 is 2.59 bits per heavy atom. The van der Waals surface area contributed by atoms with Crippen LogP contribution in [0.4, 0.5) is 11.5 Å². The van der Waals surface area contributed by atoms with E-state index in [2.05, 4.69) is 15.6 Å². The normalized spacial score (nSPS) is 10.3. The van der Waals surface area contributed by atoms with Gasteiger partial charge in [0.2, 0.25) is 0 Å². The van der Waals surface area contributed by atoms with Crippen LogP contribution in [0.3, 0.4) is 0 Å². The number of carbonyl (C=O) groups excluding carboxylic acids is 1. The summed E-state index contributed by atoms with van der Waals surface area (Å²) in [6.07, 6.45) is 2.40. The summed E-state index contributed by atoms with van der Waals surface area (Å²) in [5.41, 5.74) is 3.31. The van der Waals surface area contributed by atoms with Crippen molar-refractivity contribution in [3.05, 3.63) is 77.5 Å². The average Bonchev–Trinajstić information content (AvgIpc) is 2.74. The Morgan fingerprint density at radius 1 is 1.00 bits per heavy atom. The van der Waals surface area contributed by atoms with E-state index >= 15 is 0 Å². The van der Waals surface area contributed by atoms with Crippen molar-refractivity contribution in [2.45, 2.75) is 13.3 Å². The zero-order valence-corrected chi connectivity index (χ0v) is 16.9. The first-order valence-electron chi connectivity index (χ1n) is 9.38. The molecule has 0 unspecified atom stereocenters. The predicted molar refractivity (Wildman–Crippen MR) is 115 cm³/mol. The van der Waals surface area contributed by atoms with Crippen molar-refractivity contribution in [1.82, 2.24) is 4.98 Å². The van der Waals surface area contributed by atoms with E-state index in [4.69, 9.17) is 9.47 Å². The van der Waals surface area contributed by atoms with Crippen molar-refractivity contribution in [3.63, 3.8) is 0 Å². The molecule has 1 heterocycles. The first kappa shape index (κ1) is 20.2. The van der Waals surface area contributed by atoms with Gasteiger partial charge < -0.3 is 20.1 Å². The lowest BCUT2D eigenvalue weighted by Crippen LogP contribution is -2.14. The molecular formula is C23H25N3O3. The van der Waals surface area contributed by atoms with Crippen LogP contribution in [-0.2, 0) is 6.42 Å². The second-order valence-electron chi connectivity index (χ2n) is 6.58. The lowest BCUT2D eigenvalue weighted by molar-refractivity contribution is 0.102. The van der Waals surface area contributed by atoms with Crippen LogP contribution in [-0.4, -0.2) is 31.7 Å². The first-order chi connectivity index (χ1) is 14.1. The number of hydrogen-bond donors (Lipinski definition) is 2. The van der Waals surface area contributed by atoms with Gasteiger partial charge in [-0.25, -0.2) is 4.98 Å². The molecule has 0 radical (unpaired) electrons. The number of aryl methyl sites for hydroxylation is 1. The predicted octanol–water partition coefficient (Wildman–Crippen LogP) is 4.31. The maximum Gasteiger partial charge on any atom is 0.255 e. The highest BCUT2D eigenvalue weighted by atomic mass is 16.5. The fraction of sp³-hybridized carbons (Fsp3) is 0.217. The van der Waals surface area contributed by atoms with E-state index < -0.39 is 0 Å². The number of carbonyl (C=O) groups is 1. The topological polar surface area (TPSA) is 72.5 Å². The van der Waals surface area contributed by atoms with Crippen LogP contribution in [0.5, 0.6) is 11.5 Å². The minimum Gasteiger partial charge on any atom is -0.496 e. The molecule has 3 aromatic rings. The fourth-order valence-electron chi connectivity index (χ4n) is 3.02. The number of nitrogens with one attached hydrogen (secondary N) is 2. The molecule has 0 atom stereocenters. The van der Waals surface area contributed by atoms with Gasteiger partial charge in [0.15, 0.2) is 0 Å². The molecular weight excluding hydrogens is 366 g/mol. The summed E-state index contributed by atoms with van der Waals surface area (Å²) in [7, 11) is 3.25. The smallest absolute Gasteiger partial charge is 0.255 e. The summed E-state index contributed by atoms with van der Waals surface area (Å²) < 4.78 is 10.7. The lowest BCUT2D eigenvalue weighted by atomic mass is 10.1. The Balaban J connectivity index is 1.64. The summed E-state index contributed by atoms with van der Waals surface area (Å²) in [4.78, 5) is 17.0. The van der Waals surface area contributed by atoms with Gasteiger partial charge in [-0.05, 0) is 54.8 Å². The Morgan fingerprint density at radius 2 is 1.79 bits per heavy atom. The molecule has 0 aliphatic rings. The number of anilines is 2. The SMILES string of the molecule is COc1ccccc1CCNc1cc(C(=O)Nc2cc(C)ccc2OC)ccn1. The zero-order chi connectivity index (χ0) is 20.6. The van der Waals surface area contributed by atoms with E-state index in [1.807, 2.05) is 49.4 Å². The van der Waals surface area contributed by atoms with Crippen molar-refractivity contribution in [2.75, 3.05) is 31.4 Å². The highest BCUT2D eigenvalue weighted by Crippen LogP contribution is 2.26. The number of ether oxygens (including phenoxy) is 2. The summed E-state index contributed by atoms with van der Waals surface area (Å²) >= 11 is 0. The molecule has 6 heteroatoms. The average molecular weight is 391 g/mol. The number of para-hydroxylation sites is 1. The Kier molecular flexibility index (Phi) is 6.68. The van der Waals surface area contributed by atoms with Gasteiger partial charge in [-0.15, -0.1) is 0 Å². The number of methoxy groups -OCH3 is 2. The van der Waals surface area contributed by atoms with Crippen LogP contribution in [0.2, 0.25) is 0 Å². The van der Waals surface area contributed by atoms with Crippen molar-refractivity contribution < 1.29 is 14.3 Å². The quantitative estimate of drug-likeness (QED) is 0.598. The zero-order valence-electron chi connectivity index (χ0n) is 16.9. The van der Waals surface area contributed by atoms with E-state index in [1.165, 1.54) is 0 Å². The second kappa shape index (κ2) is 9.59. The number of pyridine rings is 1. The third-order valence-corrected chi connectivity index (χ3v) is 4.52. The van der Waals surface area contributed by atoms with Crippen LogP contribution in [0.15, 0.2) is 60.8 Å². The van der Waals surface area contributed by atoms with Crippen molar-refractivity contribution in [2.24, 2.45) is 0 Å². The molecule has 29 heavy (non-hydrogen) atoms. The lowest BCUT2D eigenvalue weighted by Gasteiger charge is -2.12. The molecule has 1 amide bonds. The standard InChI is InChI=1S/C23H25N3O3/c1-16-8-9-21(29-3)19(14-16)26-23(27)18-11-13-25-22(15-18)24-12-10-17-6-4-5-7-20(17)28-2/h4-9,11,13-15H,10,12H2,1-3H3,(H,24,25)(H,26,27). The molecule has 0 saturated carbocycles. The molecule has 2 aromatic carbocycles. The first-order valence-corrected chi connectivity index (χ1v) is 9.38. The number of aromatic nitrogens is 1. The Hall–Kier alpha value is -3.54. The monoisotopic (exact) mass is 391 g/mol. The molecule has 6 nitrogen and oxygen atoms in total. The van der Waals surface area contributed by atoms with E-state index in [0.29, 0.717) is 29.4 Å². The van der Waals surface area contributed by atoms with Crippen LogP contribution in [0.1, 0.15) is 21.5 Å². The molecule has 0 bridgehead atoms. The van der Waals surface area contributed by atoms with Crippen molar-refractivity contribution >= 4 is 17.4 Å². The molecule has 0 saturated heterocycles. The number of amides is 1. The molecule has 0 aliphatic carbocycles. The Labute approximate surface area is 170 Å². The summed E-state index contributed by atoms with van der Waals surface area (Å²) in [6.45, 7) is 2.63. The van der Waals surface area contributed by atoms with Gasteiger partial charge in [0.1, 0.15) is 17.3 Å². The van der Waals surface area contributed by atoms with Gasteiger partial charge in [0, 0.05) is 18.3 Å². The number of nitrogens with zero attached hydrogens (tertiary/aromatic N) is 1. The maximum absolute atomic E-state index is 12.7. The maximum atomic E-state index is 12.7. The molecule has 0 spiro atoms. The largest absolute Gasteiger partial charge is 0.496 e. The summed E-state index contributed by atoms with van der Waals surface area (Å²) in [5.74, 6) is 1.91. The van der Waals surface area contributed by atoms with E-state index in [0.717, 1.165) is 23.3 Å². The van der Waals surface area contributed by atoms with Gasteiger partial charge in [0.05, 0.1) is 19.9 Å². The molecule has 3 rings (SSSR count). The number of rotatable bonds is 8. The van der Waals surface area contributed by atoms with Crippen molar-refractivity contribution in [3.8, 4) is 11.5 Å². The van der Waals surface area contributed by atoms with Gasteiger partial charge in [-0.3, -0.25) is 4.79 Å². The van der Waals surface area contributed by atoms with E-state index in [9.17, 15) is 4.79 Å². The van der Waals surface area contributed by atoms with E-state index in [1.54, 1.807) is 32.5 Å². The van der Waals surface area contributed by atoms with Crippen molar-refractivity contribution in [1.29, 1.82) is 0 Å². The molecule has 0 fully saturated rings. The van der Waals surface area contributed by atoms with E-state index in [-0.39, 0.29) is 5.91 Å². The van der Waals surface area contributed by atoms with Gasteiger partial charge in [-0.1, -0.05) is 24.3 Å². The molecule has 150 valence electrons. The van der Waals surface area contributed by atoms with Gasteiger partial charge in [-0.2, -0.15) is 0 Å². The fourth-order valence-corrected chi connectivity index (χ4v) is 3.02. The second-order valence-corrected chi connectivity index (χ2v) is 6.58. The van der Waals surface area contributed by atoms with Crippen LogP contribution in [0, 0.1) is 6.92 Å². The third kappa shape index (κ3) is 5.25. The highest BCUT2D eigenvalue weighted by Gasteiger charge is 2.11. The minimum atomic E-state index is -0.218. The molecule has 0 aliphatic heterocycles.